The summed E-state index contributed by atoms with van der Waals surface area (Å²) in [7, 11) is 0. The van der Waals surface area contributed by atoms with Crippen molar-refractivity contribution in [1.29, 1.82) is 0 Å². The summed E-state index contributed by atoms with van der Waals surface area (Å²) in [4.78, 5) is 9.44. The minimum absolute atomic E-state index is 0.247. The molecule has 2 N–H and O–H groups in total. The van der Waals surface area contributed by atoms with E-state index in [0.717, 1.165) is 0 Å². The van der Waals surface area contributed by atoms with Gasteiger partial charge in [0.1, 0.15) is 0 Å². The highest BCUT2D eigenvalue weighted by molar-refractivity contribution is 5.38. The Labute approximate surface area is 48.8 Å². The lowest BCUT2D eigenvalue weighted by Crippen LogP contribution is -2.15. The van der Waals surface area contributed by atoms with Crippen LogP contribution in [0.3, 0.4) is 0 Å². The molecule has 0 aromatic rings. The Morgan fingerprint density at radius 2 is 2.50 bits per heavy atom. The molecule has 47 valence electrons. The number of ether oxygens (including phenoxy) is 1. The number of hydrogen-bond donors (Lipinski definition) is 1. The molecule has 1 radical (unpaired) electrons. The second-order valence-electron chi connectivity index (χ2n) is 1.74. The lowest BCUT2D eigenvalue weighted by molar-refractivity contribution is 0.235. The van der Waals surface area contributed by atoms with Crippen LogP contribution in [0.4, 0.5) is 0 Å². The summed E-state index contributed by atoms with van der Waals surface area (Å²) < 4.78 is 4.30. The number of rotatable bonds is 4. The standard InChI is InChI=1S/C5H10NO2/c1-5(2-6)3-8-4-7/h5H,2-3,6H2,1H3. The van der Waals surface area contributed by atoms with Gasteiger partial charge in [-0.1, -0.05) is 6.92 Å². The topological polar surface area (TPSA) is 52.3 Å². The van der Waals surface area contributed by atoms with Crippen LogP contribution in [0.1, 0.15) is 6.92 Å². The highest BCUT2D eigenvalue weighted by Crippen LogP contribution is 1.88. The smallest absolute Gasteiger partial charge is 0.417 e. The van der Waals surface area contributed by atoms with E-state index in [1.807, 2.05) is 6.92 Å². The van der Waals surface area contributed by atoms with Gasteiger partial charge in [0.15, 0.2) is 0 Å². The zero-order chi connectivity index (χ0) is 6.41. The van der Waals surface area contributed by atoms with Crippen molar-refractivity contribution in [1.82, 2.24) is 0 Å². The SMILES string of the molecule is CC(CN)CO[C]=O. The molecule has 1 unspecified atom stereocenters. The predicted octanol–water partition coefficient (Wildman–Crippen LogP) is -0.335. The molecule has 0 spiro atoms. The maximum Gasteiger partial charge on any atom is 0.417 e. The van der Waals surface area contributed by atoms with Gasteiger partial charge in [0.25, 0.3) is 0 Å². The summed E-state index contributed by atoms with van der Waals surface area (Å²) in [5.41, 5.74) is 5.20. The summed E-state index contributed by atoms with van der Waals surface area (Å²) in [6.45, 7) is 4.15. The van der Waals surface area contributed by atoms with Crippen LogP contribution in [0.5, 0.6) is 0 Å². The molecule has 0 aliphatic heterocycles. The molecule has 0 bridgehead atoms. The largest absolute Gasteiger partial charge is 0.457 e. The maximum absolute atomic E-state index is 9.44. The van der Waals surface area contributed by atoms with E-state index in [1.165, 1.54) is 6.47 Å². The molecule has 0 fully saturated rings. The fourth-order valence-corrected chi connectivity index (χ4v) is 0.244. The van der Waals surface area contributed by atoms with Gasteiger partial charge in [0.05, 0.1) is 6.61 Å². The molecule has 8 heavy (non-hydrogen) atoms. The minimum Gasteiger partial charge on any atom is -0.457 e. The van der Waals surface area contributed by atoms with Gasteiger partial charge in [-0.15, -0.1) is 0 Å². The normalized spacial score (nSPS) is 12.8. The lowest BCUT2D eigenvalue weighted by atomic mass is 10.2. The molecule has 0 aromatic carbocycles. The minimum atomic E-state index is 0.247. The van der Waals surface area contributed by atoms with Crippen LogP contribution in [0, 0.1) is 5.92 Å². The molecule has 0 aromatic heterocycles. The third kappa shape index (κ3) is 3.61. The Morgan fingerprint density at radius 1 is 1.88 bits per heavy atom. The maximum atomic E-state index is 9.44. The Hall–Kier alpha value is -0.570. The summed E-state index contributed by atoms with van der Waals surface area (Å²) in [6, 6.07) is 0. The zero-order valence-corrected chi connectivity index (χ0v) is 4.89. The Kier molecular flexibility index (Phi) is 4.26. The third-order valence-corrected chi connectivity index (χ3v) is 0.829. The summed E-state index contributed by atoms with van der Waals surface area (Å²) in [5, 5.41) is 0. The second-order valence-corrected chi connectivity index (χ2v) is 1.74. The first kappa shape index (κ1) is 7.43. The first-order valence-electron chi connectivity index (χ1n) is 2.50. The highest BCUT2D eigenvalue weighted by Gasteiger charge is 1.96. The van der Waals surface area contributed by atoms with Crippen LogP contribution < -0.4 is 5.73 Å². The van der Waals surface area contributed by atoms with Crippen LogP contribution in [0.2, 0.25) is 0 Å². The number of carbonyl (C=O) groups excluding carboxylic acids is 1. The van der Waals surface area contributed by atoms with Gasteiger partial charge >= 0.3 is 6.47 Å². The van der Waals surface area contributed by atoms with E-state index in [9.17, 15) is 4.79 Å². The van der Waals surface area contributed by atoms with Crippen LogP contribution in [-0.2, 0) is 9.53 Å². The third-order valence-electron chi connectivity index (χ3n) is 0.829. The predicted molar refractivity (Wildman–Crippen MR) is 29.9 cm³/mol. The van der Waals surface area contributed by atoms with Gasteiger partial charge in [-0.3, -0.25) is 0 Å². The van der Waals surface area contributed by atoms with Crippen molar-refractivity contribution in [3.05, 3.63) is 0 Å². The summed E-state index contributed by atoms with van der Waals surface area (Å²) in [5.74, 6) is 0.247. The van der Waals surface area contributed by atoms with Gasteiger partial charge in [-0.2, -0.15) is 0 Å². The molecule has 0 aliphatic carbocycles. The molecule has 1 atom stereocenters. The van der Waals surface area contributed by atoms with E-state index in [4.69, 9.17) is 5.73 Å². The van der Waals surface area contributed by atoms with Crippen molar-refractivity contribution in [3.63, 3.8) is 0 Å². The average molecular weight is 116 g/mol. The van der Waals surface area contributed by atoms with Crippen molar-refractivity contribution in [2.24, 2.45) is 11.7 Å². The molecule has 0 saturated carbocycles. The molecule has 0 saturated heterocycles. The molecule has 0 amide bonds. The average Bonchev–Trinajstić information content (AvgIpc) is 1.83. The van der Waals surface area contributed by atoms with Gasteiger partial charge in [0.2, 0.25) is 0 Å². The van der Waals surface area contributed by atoms with Crippen LogP contribution in [-0.4, -0.2) is 19.6 Å². The fraction of sp³-hybridized carbons (Fsp3) is 0.800. The van der Waals surface area contributed by atoms with Gasteiger partial charge < -0.3 is 10.5 Å². The van der Waals surface area contributed by atoms with Crippen molar-refractivity contribution in [2.45, 2.75) is 6.92 Å². The fourth-order valence-electron chi connectivity index (χ4n) is 0.244. The van der Waals surface area contributed by atoms with Crippen LogP contribution >= 0.6 is 0 Å². The summed E-state index contributed by atoms with van der Waals surface area (Å²) in [6.07, 6.45) is 0. The van der Waals surface area contributed by atoms with E-state index in [0.29, 0.717) is 13.2 Å². The molecule has 0 rings (SSSR count). The van der Waals surface area contributed by atoms with Gasteiger partial charge in [-0.05, 0) is 6.54 Å². The molecule has 0 aliphatic rings. The number of nitrogens with two attached hydrogens (primary N) is 1. The first-order valence-corrected chi connectivity index (χ1v) is 2.50. The van der Waals surface area contributed by atoms with E-state index < -0.39 is 0 Å². The summed E-state index contributed by atoms with van der Waals surface area (Å²) >= 11 is 0. The lowest BCUT2D eigenvalue weighted by Gasteiger charge is -2.02. The van der Waals surface area contributed by atoms with Crippen molar-refractivity contribution in [2.75, 3.05) is 13.2 Å². The van der Waals surface area contributed by atoms with Crippen molar-refractivity contribution in [3.8, 4) is 0 Å². The molecular formula is C5H10NO2. The monoisotopic (exact) mass is 116 g/mol. The first-order chi connectivity index (χ1) is 3.81. The Balaban J connectivity index is 2.97. The molecular weight excluding hydrogens is 106 g/mol. The van der Waals surface area contributed by atoms with Gasteiger partial charge in [-0.25, -0.2) is 4.79 Å². The molecule has 3 nitrogen and oxygen atoms in total. The van der Waals surface area contributed by atoms with E-state index in [1.54, 1.807) is 0 Å². The van der Waals surface area contributed by atoms with Crippen LogP contribution in [0.25, 0.3) is 0 Å². The van der Waals surface area contributed by atoms with Crippen LogP contribution in [0.15, 0.2) is 0 Å². The van der Waals surface area contributed by atoms with E-state index >= 15 is 0 Å². The van der Waals surface area contributed by atoms with Gasteiger partial charge in [0, 0.05) is 5.92 Å². The molecule has 0 heterocycles. The van der Waals surface area contributed by atoms with E-state index in [-0.39, 0.29) is 5.92 Å². The second kappa shape index (κ2) is 4.59. The molecule has 3 heteroatoms. The number of hydrogen-bond acceptors (Lipinski definition) is 3. The zero-order valence-electron chi connectivity index (χ0n) is 4.89. The van der Waals surface area contributed by atoms with Crippen molar-refractivity contribution >= 4 is 6.47 Å². The highest BCUT2D eigenvalue weighted by atomic mass is 16.5. The quantitative estimate of drug-likeness (QED) is 0.547. The van der Waals surface area contributed by atoms with E-state index in [2.05, 4.69) is 4.74 Å². The Morgan fingerprint density at radius 3 is 2.88 bits per heavy atom. The Bertz CT molecular complexity index is 65.4. The van der Waals surface area contributed by atoms with Crippen molar-refractivity contribution < 1.29 is 9.53 Å².